The lowest BCUT2D eigenvalue weighted by atomic mass is 10.0. The summed E-state index contributed by atoms with van der Waals surface area (Å²) in [5.41, 5.74) is 0.413. The second-order valence-corrected chi connectivity index (χ2v) is 5.45. The Labute approximate surface area is 84.3 Å². The van der Waals surface area contributed by atoms with E-state index < -0.39 is 0 Å². The quantitative estimate of drug-likeness (QED) is 0.688. The summed E-state index contributed by atoms with van der Waals surface area (Å²) in [4.78, 5) is 2.54. The number of hydrogen-bond donors (Lipinski definition) is 0. The number of hydrogen-bond acceptors (Lipinski definition) is 3. The number of nitriles is 1. The fraction of sp³-hybridized carbons (Fsp3) is 0.900. The molecule has 0 radical (unpaired) electrons. The molecule has 0 atom stereocenters. The van der Waals surface area contributed by atoms with Crippen molar-refractivity contribution in [2.75, 3.05) is 31.1 Å². The minimum Gasteiger partial charge on any atom is -0.301 e. The SMILES string of the molecule is N#CCC1(CN2CCSCC2)CC1. The number of rotatable bonds is 3. The molecule has 0 unspecified atom stereocenters. The van der Waals surface area contributed by atoms with Crippen molar-refractivity contribution < 1.29 is 0 Å². The molecule has 0 N–H and O–H groups in total. The molecule has 1 saturated heterocycles. The van der Waals surface area contributed by atoms with Gasteiger partial charge >= 0.3 is 0 Å². The van der Waals surface area contributed by atoms with Crippen molar-refractivity contribution in [2.24, 2.45) is 5.41 Å². The van der Waals surface area contributed by atoms with Crippen molar-refractivity contribution in [1.29, 1.82) is 5.26 Å². The molecule has 13 heavy (non-hydrogen) atoms. The van der Waals surface area contributed by atoms with Crippen LogP contribution in [0.3, 0.4) is 0 Å². The lowest BCUT2D eigenvalue weighted by Crippen LogP contribution is -2.37. The van der Waals surface area contributed by atoms with E-state index in [1.807, 2.05) is 0 Å². The zero-order chi connectivity index (χ0) is 9.15. The second kappa shape index (κ2) is 3.89. The van der Waals surface area contributed by atoms with Crippen molar-refractivity contribution in [3.63, 3.8) is 0 Å². The van der Waals surface area contributed by atoms with E-state index in [-0.39, 0.29) is 0 Å². The summed E-state index contributed by atoms with van der Waals surface area (Å²) in [7, 11) is 0. The third kappa shape index (κ3) is 2.38. The third-order valence-electron chi connectivity index (χ3n) is 3.07. The average Bonchev–Trinajstić information content (AvgIpc) is 2.87. The Morgan fingerprint density at radius 3 is 2.54 bits per heavy atom. The molecule has 1 saturated carbocycles. The Bertz CT molecular complexity index is 211. The topological polar surface area (TPSA) is 27.0 Å². The fourth-order valence-corrected chi connectivity index (χ4v) is 2.95. The fourth-order valence-electron chi connectivity index (χ4n) is 1.97. The molecule has 3 heteroatoms. The van der Waals surface area contributed by atoms with Crippen molar-refractivity contribution in [2.45, 2.75) is 19.3 Å². The van der Waals surface area contributed by atoms with Crippen LogP contribution in [0.15, 0.2) is 0 Å². The van der Waals surface area contributed by atoms with Crippen LogP contribution in [-0.2, 0) is 0 Å². The van der Waals surface area contributed by atoms with Gasteiger partial charge in [-0.1, -0.05) is 0 Å². The van der Waals surface area contributed by atoms with E-state index in [2.05, 4.69) is 22.7 Å². The van der Waals surface area contributed by atoms with Gasteiger partial charge in [-0.05, 0) is 18.3 Å². The van der Waals surface area contributed by atoms with E-state index in [1.165, 1.54) is 44.0 Å². The summed E-state index contributed by atoms with van der Waals surface area (Å²) in [5.74, 6) is 2.56. The van der Waals surface area contributed by atoms with Gasteiger partial charge in [-0.3, -0.25) is 0 Å². The molecule has 0 aromatic heterocycles. The first-order valence-electron chi connectivity index (χ1n) is 5.02. The van der Waals surface area contributed by atoms with Gasteiger partial charge in [0.05, 0.1) is 6.07 Å². The summed E-state index contributed by atoms with van der Waals surface area (Å²) >= 11 is 2.05. The van der Waals surface area contributed by atoms with Crippen LogP contribution in [-0.4, -0.2) is 36.0 Å². The maximum Gasteiger partial charge on any atom is 0.0628 e. The van der Waals surface area contributed by atoms with E-state index >= 15 is 0 Å². The minimum atomic E-state index is 0.413. The van der Waals surface area contributed by atoms with Crippen molar-refractivity contribution in [3.05, 3.63) is 0 Å². The van der Waals surface area contributed by atoms with Crippen molar-refractivity contribution >= 4 is 11.8 Å². The Kier molecular flexibility index (Phi) is 2.80. The third-order valence-corrected chi connectivity index (χ3v) is 4.02. The maximum atomic E-state index is 8.70. The Morgan fingerprint density at radius 1 is 1.31 bits per heavy atom. The van der Waals surface area contributed by atoms with Gasteiger partial charge in [-0.25, -0.2) is 0 Å². The van der Waals surface area contributed by atoms with E-state index in [0.29, 0.717) is 5.41 Å². The van der Waals surface area contributed by atoms with Crippen molar-refractivity contribution in [3.8, 4) is 6.07 Å². The van der Waals surface area contributed by atoms with Crippen LogP contribution >= 0.6 is 11.8 Å². The van der Waals surface area contributed by atoms with Gasteiger partial charge < -0.3 is 4.90 Å². The minimum absolute atomic E-state index is 0.413. The average molecular weight is 196 g/mol. The maximum absolute atomic E-state index is 8.70. The molecule has 0 bridgehead atoms. The molecule has 2 rings (SSSR count). The number of nitrogens with zero attached hydrogens (tertiary/aromatic N) is 2. The molecule has 1 aliphatic carbocycles. The summed E-state index contributed by atoms with van der Waals surface area (Å²) in [6.45, 7) is 3.65. The van der Waals surface area contributed by atoms with Crippen LogP contribution in [0.4, 0.5) is 0 Å². The first kappa shape index (κ1) is 9.36. The molecular weight excluding hydrogens is 180 g/mol. The highest BCUT2D eigenvalue weighted by molar-refractivity contribution is 7.99. The highest BCUT2D eigenvalue weighted by Gasteiger charge is 2.43. The number of thioether (sulfide) groups is 1. The van der Waals surface area contributed by atoms with Crippen LogP contribution in [0.2, 0.25) is 0 Å². The molecule has 0 aromatic rings. The predicted octanol–water partition coefficient (Wildman–Crippen LogP) is 1.73. The molecule has 1 aliphatic heterocycles. The standard InChI is InChI=1S/C10H16N2S/c11-4-3-10(1-2-10)9-12-5-7-13-8-6-12/h1-3,5-9H2. The summed E-state index contributed by atoms with van der Waals surface area (Å²) < 4.78 is 0. The lowest BCUT2D eigenvalue weighted by Gasteiger charge is -2.29. The van der Waals surface area contributed by atoms with E-state index in [9.17, 15) is 0 Å². The van der Waals surface area contributed by atoms with E-state index in [1.54, 1.807) is 0 Å². The van der Waals surface area contributed by atoms with Crippen LogP contribution in [0.1, 0.15) is 19.3 Å². The molecule has 2 nitrogen and oxygen atoms in total. The molecule has 2 aliphatic rings. The highest BCUT2D eigenvalue weighted by Crippen LogP contribution is 2.49. The summed E-state index contributed by atoms with van der Waals surface area (Å²) in [6, 6.07) is 2.33. The van der Waals surface area contributed by atoms with Gasteiger partial charge in [-0.15, -0.1) is 0 Å². The van der Waals surface area contributed by atoms with Gasteiger partial charge in [0.2, 0.25) is 0 Å². The van der Waals surface area contributed by atoms with Gasteiger partial charge in [0.15, 0.2) is 0 Å². The van der Waals surface area contributed by atoms with Crippen LogP contribution < -0.4 is 0 Å². The predicted molar refractivity (Wildman–Crippen MR) is 55.7 cm³/mol. The molecule has 72 valence electrons. The van der Waals surface area contributed by atoms with Crippen LogP contribution in [0, 0.1) is 16.7 Å². The Morgan fingerprint density at radius 2 is 2.00 bits per heavy atom. The monoisotopic (exact) mass is 196 g/mol. The molecule has 0 spiro atoms. The summed E-state index contributed by atoms with van der Waals surface area (Å²) in [5, 5.41) is 8.70. The van der Waals surface area contributed by atoms with Crippen molar-refractivity contribution in [1.82, 2.24) is 4.90 Å². The Balaban J connectivity index is 1.80. The normalized spacial score (nSPS) is 26.7. The molecule has 2 fully saturated rings. The van der Waals surface area contributed by atoms with Crippen LogP contribution in [0.25, 0.3) is 0 Å². The van der Waals surface area contributed by atoms with Gasteiger partial charge in [0.25, 0.3) is 0 Å². The van der Waals surface area contributed by atoms with Gasteiger partial charge in [-0.2, -0.15) is 17.0 Å². The lowest BCUT2D eigenvalue weighted by molar-refractivity contribution is 0.241. The van der Waals surface area contributed by atoms with Gasteiger partial charge in [0, 0.05) is 37.6 Å². The van der Waals surface area contributed by atoms with E-state index in [4.69, 9.17) is 5.26 Å². The first-order chi connectivity index (χ1) is 6.35. The molecule has 1 heterocycles. The zero-order valence-electron chi connectivity index (χ0n) is 7.96. The van der Waals surface area contributed by atoms with E-state index in [0.717, 1.165) is 6.42 Å². The largest absolute Gasteiger partial charge is 0.301 e. The zero-order valence-corrected chi connectivity index (χ0v) is 8.78. The molecule has 0 amide bonds. The first-order valence-corrected chi connectivity index (χ1v) is 6.17. The molecule has 0 aromatic carbocycles. The summed E-state index contributed by atoms with van der Waals surface area (Å²) in [6.07, 6.45) is 3.34. The Hall–Kier alpha value is -0.200. The second-order valence-electron chi connectivity index (χ2n) is 4.22. The molecular formula is C10H16N2S. The smallest absolute Gasteiger partial charge is 0.0628 e. The van der Waals surface area contributed by atoms with Crippen LogP contribution in [0.5, 0.6) is 0 Å². The highest BCUT2D eigenvalue weighted by atomic mass is 32.2. The van der Waals surface area contributed by atoms with Gasteiger partial charge in [0.1, 0.15) is 0 Å².